The Balaban J connectivity index is 1.94. The third-order valence-electron chi connectivity index (χ3n) is 4.92. The smallest absolute Gasteiger partial charge is 0.325 e. The molecule has 0 saturated carbocycles. The van der Waals surface area contributed by atoms with Gasteiger partial charge in [-0.3, -0.25) is 9.69 Å². The second-order valence-electron chi connectivity index (χ2n) is 6.86. The van der Waals surface area contributed by atoms with Crippen LogP contribution in [0, 0.1) is 0 Å². The molecule has 1 aliphatic heterocycles. The number of halogens is 1. The monoisotopic (exact) mass is 400 g/mol. The molecule has 0 bridgehead atoms. The summed E-state index contributed by atoms with van der Waals surface area (Å²) in [5.74, 6) is 0.0199. The topological polar surface area (TPSA) is 49.9 Å². The van der Waals surface area contributed by atoms with Gasteiger partial charge < -0.3 is 9.64 Å². The number of ketones is 1. The highest BCUT2D eigenvalue weighted by Gasteiger charge is 2.26. The molecule has 2 aromatic rings. The van der Waals surface area contributed by atoms with Crippen LogP contribution in [0.5, 0.6) is 0 Å². The van der Waals surface area contributed by atoms with Gasteiger partial charge in [0, 0.05) is 18.7 Å². The molecule has 0 aromatic heterocycles. The number of hydrogen-bond donors (Lipinski definition) is 0. The predicted molar refractivity (Wildman–Crippen MR) is 111 cm³/mol. The zero-order valence-electron chi connectivity index (χ0n) is 16.3. The van der Waals surface area contributed by atoms with Gasteiger partial charge in [0.2, 0.25) is 0 Å². The summed E-state index contributed by atoms with van der Waals surface area (Å²) in [5.41, 5.74) is 3.41. The van der Waals surface area contributed by atoms with Crippen LogP contribution in [0.15, 0.2) is 42.5 Å². The van der Waals surface area contributed by atoms with Gasteiger partial charge in [-0.05, 0) is 36.6 Å². The van der Waals surface area contributed by atoms with Crippen LogP contribution in [0.1, 0.15) is 35.3 Å². The summed E-state index contributed by atoms with van der Waals surface area (Å²) in [5, 5.41) is 0.541. The molecule has 2 amide bonds. The molecule has 1 aliphatic rings. The van der Waals surface area contributed by atoms with Crippen molar-refractivity contribution in [3.05, 3.63) is 64.2 Å². The van der Waals surface area contributed by atoms with Crippen LogP contribution in [0.2, 0.25) is 5.02 Å². The second-order valence-corrected chi connectivity index (χ2v) is 7.27. The van der Waals surface area contributed by atoms with Gasteiger partial charge in [0.1, 0.15) is 0 Å². The van der Waals surface area contributed by atoms with Gasteiger partial charge >= 0.3 is 6.03 Å². The number of ether oxygens (including phenoxy) is 1. The molecule has 28 heavy (non-hydrogen) atoms. The van der Waals surface area contributed by atoms with Crippen molar-refractivity contribution in [2.75, 3.05) is 31.2 Å². The van der Waals surface area contributed by atoms with E-state index in [4.69, 9.17) is 16.3 Å². The first-order chi connectivity index (χ1) is 13.5. The van der Waals surface area contributed by atoms with E-state index in [2.05, 4.69) is 6.92 Å². The van der Waals surface area contributed by atoms with Gasteiger partial charge in [-0.25, -0.2) is 4.79 Å². The van der Waals surface area contributed by atoms with Gasteiger partial charge in [0.25, 0.3) is 0 Å². The van der Waals surface area contributed by atoms with Crippen LogP contribution >= 0.6 is 11.6 Å². The maximum atomic E-state index is 13.3. The van der Waals surface area contributed by atoms with E-state index in [9.17, 15) is 9.59 Å². The van der Waals surface area contributed by atoms with Crippen molar-refractivity contribution >= 4 is 29.1 Å². The van der Waals surface area contributed by atoms with E-state index < -0.39 is 0 Å². The lowest BCUT2D eigenvalue weighted by atomic mass is 10.1. The van der Waals surface area contributed by atoms with Gasteiger partial charge in [0.15, 0.2) is 5.78 Å². The highest BCUT2D eigenvalue weighted by atomic mass is 35.5. The number of urea groups is 1. The summed E-state index contributed by atoms with van der Waals surface area (Å²) < 4.78 is 5.38. The number of carbonyl (C=O) groups is 2. The molecule has 3 rings (SSSR count). The normalized spacial score (nSPS) is 14.0. The summed E-state index contributed by atoms with van der Waals surface area (Å²) in [6.45, 7) is 6.18. The van der Waals surface area contributed by atoms with E-state index in [-0.39, 0.29) is 11.8 Å². The molecule has 2 aromatic carbocycles. The Hall–Kier alpha value is -2.37. The van der Waals surface area contributed by atoms with E-state index in [1.165, 1.54) is 0 Å². The third-order valence-corrected chi connectivity index (χ3v) is 5.24. The maximum absolute atomic E-state index is 13.3. The van der Waals surface area contributed by atoms with E-state index >= 15 is 0 Å². The second kappa shape index (κ2) is 9.22. The lowest BCUT2D eigenvalue weighted by Gasteiger charge is -2.33. The fraction of sp³-hybridized carbons (Fsp3) is 0.364. The van der Waals surface area contributed by atoms with Crippen molar-refractivity contribution in [2.24, 2.45) is 0 Å². The average Bonchev–Trinajstić information content (AvgIpc) is 2.73. The molecule has 0 aliphatic carbocycles. The first-order valence-electron chi connectivity index (χ1n) is 9.52. The molecule has 0 spiro atoms. The first kappa shape index (κ1) is 20.4. The molecular formula is C22H25ClN2O3. The Morgan fingerprint density at radius 3 is 2.32 bits per heavy atom. The molecule has 5 nitrogen and oxygen atoms in total. The number of hydrogen-bond acceptors (Lipinski definition) is 3. The molecule has 148 valence electrons. The summed E-state index contributed by atoms with van der Waals surface area (Å²) in [6.07, 6.45) is 0.858. The number of anilines is 1. The Morgan fingerprint density at radius 1 is 1.07 bits per heavy atom. The van der Waals surface area contributed by atoms with Crippen LogP contribution in [-0.4, -0.2) is 43.0 Å². The van der Waals surface area contributed by atoms with Crippen LogP contribution in [0.4, 0.5) is 10.5 Å². The molecule has 0 unspecified atom stereocenters. The van der Waals surface area contributed by atoms with Crippen molar-refractivity contribution in [1.82, 2.24) is 4.90 Å². The lowest BCUT2D eigenvalue weighted by Crippen LogP contribution is -2.48. The molecule has 6 heteroatoms. The number of morpholine rings is 1. The fourth-order valence-corrected chi connectivity index (χ4v) is 3.41. The van der Waals surface area contributed by atoms with E-state index in [0.717, 1.165) is 17.5 Å². The molecule has 1 heterocycles. The van der Waals surface area contributed by atoms with Crippen LogP contribution in [0.3, 0.4) is 0 Å². The molecule has 1 saturated heterocycles. The fourth-order valence-electron chi connectivity index (χ4n) is 3.19. The summed E-state index contributed by atoms with van der Waals surface area (Å²) >= 11 is 6.48. The number of nitrogens with zero attached hydrogens (tertiary/aromatic N) is 2. The van der Waals surface area contributed by atoms with E-state index in [0.29, 0.717) is 49.1 Å². The number of rotatable bonds is 5. The minimum absolute atomic E-state index is 0.0199. The highest BCUT2D eigenvalue weighted by molar-refractivity contribution is 6.33. The Morgan fingerprint density at radius 2 is 1.71 bits per heavy atom. The summed E-state index contributed by atoms with van der Waals surface area (Å²) in [4.78, 5) is 28.4. The van der Waals surface area contributed by atoms with E-state index in [1.54, 1.807) is 28.9 Å². The summed E-state index contributed by atoms with van der Waals surface area (Å²) in [7, 11) is 0. The van der Waals surface area contributed by atoms with Crippen molar-refractivity contribution in [3.63, 3.8) is 0 Å². The number of aryl methyl sites for hydroxylation is 1. The van der Waals surface area contributed by atoms with Crippen LogP contribution in [-0.2, 0) is 17.7 Å². The lowest BCUT2D eigenvalue weighted by molar-refractivity contribution is 0.0548. The Kier molecular flexibility index (Phi) is 6.70. The third kappa shape index (κ3) is 4.72. The number of amides is 2. The first-order valence-corrected chi connectivity index (χ1v) is 9.90. The zero-order chi connectivity index (χ0) is 20.1. The number of carbonyl (C=O) groups excluding carboxylic acids is 2. The minimum atomic E-state index is -0.0888. The zero-order valence-corrected chi connectivity index (χ0v) is 17.0. The number of Topliss-reactive ketones (excluding diaryl/α,β-unsaturated/α-hetero) is 1. The maximum Gasteiger partial charge on any atom is 0.325 e. The Labute approximate surface area is 170 Å². The molecule has 0 radical (unpaired) electrons. The van der Waals surface area contributed by atoms with Crippen molar-refractivity contribution in [3.8, 4) is 0 Å². The molecule has 1 fully saturated rings. The predicted octanol–water partition coefficient (Wildman–Crippen LogP) is 4.56. The minimum Gasteiger partial charge on any atom is -0.378 e. The SMILES string of the molecule is CCc1ccc(Cl)c(N(Cc2ccc(C(C)=O)cc2)C(=O)N2CCOCC2)c1. The van der Waals surface area contributed by atoms with E-state index in [1.807, 2.05) is 30.3 Å². The van der Waals surface area contributed by atoms with Crippen LogP contribution < -0.4 is 4.90 Å². The van der Waals surface area contributed by atoms with Crippen molar-refractivity contribution in [2.45, 2.75) is 26.8 Å². The van der Waals surface area contributed by atoms with Gasteiger partial charge in [-0.15, -0.1) is 0 Å². The van der Waals surface area contributed by atoms with Gasteiger partial charge in [-0.2, -0.15) is 0 Å². The van der Waals surface area contributed by atoms with Crippen LogP contribution in [0.25, 0.3) is 0 Å². The van der Waals surface area contributed by atoms with Gasteiger partial charge in [-0.1, -0.05) is 48.9 Å². The van der Waals surface area contributed by atoms with Gasteiger partial charge in [0.05, 0.1) is 30.5 Å². The Bertz CT molecular complexity index is 845. The summed E-state index contributed by atoms with van der Waals surface area (Å²) in [6, 6.07) is 13.1. The quantitative estimate of drug-likeness (QED) is 0.691. The van der Waals surface area contributed by atoms with Crippen molar-refractivity contribution < 1.29 is 14.3 Å². The standard InChI is InChI=1S/C22H25ClN2O3/c1-3-17-6-9-20(23)21(14-17)25(22(27)24-10-12-28-13-11-24)15-18-4-7-19(8-5-18)16(2)26/h4-9,14H,3,10-13,15H2,1-2H3. The highest BCUT2D eigenvalue weighted by Crippen LogP contribution is 2.30. The molecule has 0 N–H and O–H groups in total. The van der Waals surface area contributed by atoms with Crippen molar-refractivity contribution in [1.29, 1.82) is 0 Å². The average molecular weight is 401 g/mol. The largest absolute Gasteiger partial charge is 0.378 e. The molecule has 0 atom stereocenters. The molecular weight excluding hydrogens is 376 g/mol. The number of benzene rings is 2.